The number of hydrogen-bond acceptors (Lipinski definition) is 3. The first-order chi connectivity index (χ1) is 14.5. The number of fused-ring (bicyclic) bond motifs is 3. The Kier molecular flexibility index (Phi) is 5.66. The SMILES string of the molecule is O=C(N[C@H](C(=O)O)c1ccc(Cl)c(Cl)c1)OCC1c2ccccc2-c2ccccc21. The molecular weight excluding hydrogens is 425 g/mol. The lowest BCUT2D eigenvalue weighted by molar-refractivity contribution is -0.139. The summed E-state index contributed by atoms with van der Waals surface area (Å²) in [6, 6.07) is 19.0. The van der Waals surface area contributed by atoms with E-state index in [1.54, 1.807) is 0 Å². The largest absolute Gasteiger partial charge is 0.479 e. The van der Waals surface area contributed by atoms with E-state index in [1.165, 1.54) is 18.2 Å². The lowest BCUT2D eigenvalue weighted by Gasteiger charge is -2.18. The van der Waals surface area contributed by atoms with Crippen LogP contribution in [0.15, 0.2) is 66.7 Å². The summed E-state index contributed by atoms with van der Waals surface area (Å²) in [5, 5.41) is 12.4. The average molecular weight is 442 g/mol. The highest BCUT2D eigenvalue weighted by molar-refractivity contribution is 6.42. The third-order valence-corrected chi connectivity index (χ3v) is 5.87. The van der Waals surface area contributed by atoms with Crippen LogP contribution in [0.1, 0.15) is 28.7 Å². The van der Waals surface area contributed by atoms with E-state index in [0.29, 0.717) is 10.6 Å². The van der Waals surface area contributed by atoms with E-state index in [0.717, 1.165) is 22.3 Å². The molecular formula is C23H17Cl2NO4. The summed E-state index contributed by atoms with van der Waals surface area (Å²) in [5.41, 5.74) is 4.67. The maximum Gasteiger partial charge on any atom is 0.408 e. The molecule has 30 heavy (non-hydrogen) atoms. The number of alkyl carbamates (subject to hydrolysis) is 1. The molecule has 0 saturated carbocycles. The molecule has 0 spiro atoms. The van der Waals surface area contributed by atoms with E-state index in [-0.39, 0.29) is 17.5 Å². The molecule has 0 saturated heterocycles. The predicted octanol–water partition coefficient (Wildman–Crippen LogP) is 5.66. The topological polar surface area (TPSA) is 75.6 Å². The number of halogens is 2. The van der Waals surface area contributed by atoms with Gasteiger partial charge in [-0.3, -0.25) is 0 Å². The van der Waals surface area contributed by atoms with Crippen LogP contribution in [0.4, 0.5) is 4.79 Å². The molecule has 3 aromatic carbocycles. The van der Waals surface area contributed by atoms with Crippen LogP contribution in [0.3, 0.4) is 0 Å². The van der Waals surface area contributed by atoms with E-state index >= 15 is 0 Å². The minimum atomic E-state index is -1.31. The van der Waals surface area contributed by atoms with Crippen LogP contribution in [0.5, 0.6) is 0 Å². The van der Waals surface area contributed by atoms with E-state index in [1.807, 2.05) is 48.5 Å². The number of carboxylic acid groups (broad SMARTS) is 1. The summed E-state index contributed by atoms with van der Waals surface area (Å²) < 4.78 is 5.42. The third kappa shape index (κ3) is 3.86. The van der Waals surface area contributed by atoms with E-state index in [2.05, 4.69) is 5.32 Å². The first kappa shape index (κ1) is 20.3. The molecule has 0 aromatic heterocycles. The molecule has 1 aliphatic rings. The molecule has 4 rings (SSSR count). The van der Waals surface area contributed by atoms with Crippen LogP contribution in [0.2, 0.25) is 10.0 Å². The third-order valence-electron chi connectivity index (χ3n) is 5.13. The Hall–Kier alpha value is -3.02. The number of hydrogen-bond donors (Lipinski definition) is 2. The standard InChI is InChI=1S/C23H17Cl2NO4/c24-19-10-9-13(11-20(19)25)21(22(27)28)26-23(29)30-12-18-16-7-3-1-5-14(16)15-6-2-4-8-17(15)18/h1-11,18,21H,12H2,(H,26,29)(H,27,28)/t21-/m0/s1. The summed E-state index contributed by atoms with van der Waals surface area (Å²) >= 11 is 11.9. The van der Waals surface area contributed by atoms with Gasteiger partial charge in [0.2, 0.25) is 0 Å². The van der Waals surface area contributed by atoms with Crippen molar-refractivity contribution in [2.24, 2.45) is 0 Å². The zero-order chi connectivity index (χ0) is 21.3. The molecule has 0 aliphatic heterocycles. The summed E-state index contributed by atoms with van der Waals surface area (Å²) in [4.78, 5) is 24.1. The van der Waals surface area contributed by atoms with Gasteiger partial charge in [0, 0.05) is 5.92 Å². The quantitative estimate of drug-likeness (QED) is 0.535. The molecule has 2 N–H and O–H groups in total. The monoisotopic (exact) mass is 441 g/mol. The van der Waals surface area contributed by atoms with Crippen molar-refractivity contribution >= 4 is 35.3 Å². The minimum absolute atomic E-state index is 0.0908. The maximum absolute atomic E-state index is 12.4. The zero-order valence-corrected chi connectivity index (χ0v) is 17.2. The van der Waals surface area contributed by atoms with Gasteiger partial charge in [-0.2, -0.15) is 0 Å². The normalized spacial score (nSPS) is 13.3. The highest BCUT2D eigenvalue weighted by Crippen LogP contribution is 2.44. The maximum atomic E-state index is 12.4. The first-order valence-corrected chi connectivity index (χ1v) is 10.0. The highest BCUT2D eigenvalue weighted by Gasteiger charge is 2.30. The number of nitrogens with one attached hydrogen (secondary N) is 1. The van der Waals surface area contributed by atoms with Gasteiger partial charge < -0.3 is 15.2 Å². The van der Waals surface area contributed by atoms with Crippen molar-refractivity contribution in [1.82, 2.24) is 5.32 Å². The van der Waals surface area contributed by atoms with Crippen molar-refractivity contribution in [3.05, 3.63) is 93.5 Å². The van der Waals surface area contributed by atoms with Crippen LogP contribution in [-0.4, -0.2) is 23.8 Å². The van der Waals surface area contributed by atoms with Gasteiger partial charge in [-0.15, -0.1) is 0 Å². The second-order valence-corrected chi connectivity index (χ2v) is 7.73. The fourth-order valence-corrected chi connectivity index (χ4v) is 4.04. The predicted molar refractivity (Wildman–Crippen MR) is 115 cm³/mol. The summed E-state index contributed by atoms with van der Waals surface area (Å²) in [5.74, 6) is -1.35. The Bertz CT molecular complexity index is 1090. The zero-order valence-electron chi connectivity index (χ0n) is 15.6. The molecule has 0 bridgehead atoms. The van der Waals surface area contributed by atoms with Crippen molar-refractivity contribution in [1.29, 1.82) is 0 Å². The Balaban J connectivity index is 1.49. The van der Waals surface area contributed by atoms with Gasteiger partial charge in [0.1, 0.15) is 6.61 Å². The van der Waals surface area contributed by atoms with Gasteiger partial charge in [0.25, 0.3) is 0 Å². The number of amides is 1. The molecule has 0 unspecified atom stereocenters. The van der Waals surface area contributed by atoms with Crippen molar-refractivity contribution in [3.8, 4) is 11.1 Å². The van der Waals surface area contributed by atoms with Crippen LogP contribution in [-0.2, 0) is 9.53 Å². The van der Waals surface area contributed by atoms with Gasteiger partial charge in [0.15, 0.2) is 6.04 Å². The summed E-state index contributed by atoms with van der Waals surface area (Å²) in [7, 11) is 0. The van der Waals surface area contributed by atoms with Crippen LogP contribution in [0, 0.1) is 0 Å². The molecule has 1 atom stereocenters. The van der Waals surface area contributed by atoms with Crippen molar-refractivity contribution in [2.45, 2.75) is 12.0 Å². The smallest absolute Gasteiger partial charge is 0.408 e. The second-order valence-electron chi connectivity index (χ2n) is 6.91. The molecule has 0 radical (unpaired) electrons. The summed E-state index contributed by atoms with van der Waals surface area (Å²) in [6.07, 6.45) is -0.824. The van der Waals surface area contributed by atoms with Crippen molar-refractivity contribution in [3.63, 3.8) is 0 Å². The Morgan fingerprint density at radius 1 is 0.933 bits per heavy atom. The number of carboxylic acids is 1. The number of ether oxygens (including phenoxy) is 1. The first-order valence-electron chi connectivity index (χ1n) is 9.25. The van der Waals surface area contributed by atoms with Crippen molar-refractivity contribution in [2.75, 3.05) is 6.61 Å². The summed E-state index contributed by atoms with van der Waals surface area (Å²) in [6.45, 7) is 0.0908. The number of carbonyl (C=O) groups is 2. The fourth-order valence-electron chi connectivity index (χ4n) is 3.74. The van der Waals surface area contributed by atoms with Gasteiger partial charge in [-0.05, 0) is 39.9 Å². The Labute approximate surface area is 183 Å². The van der Waals surface area contributed by atoms with Gasteiger partial charge in [-0.25, -0.2) is 9.59 Å². The average Bonchev–Trinajstić information content (AvgIpc) is 3.06. The molecule has 3 aromatic rings. The van der Waals surface area contributed by atoms with Crippen molar-refractivity contribution < 1.29 is 19.4 Å². The van der Waals surface area contributed by atoms with Crippen LogP contribution >= 0.6 is 23.2 Å². The number of rotatable bonds is 5. The number of carbonyl (C=O) groups excluding carboxylic acids is 1. The Morgan fingerprint density at radius 2 is 1.53 bits per heavy atom. The van der Waals surface area contributed by atoms with E-state index in [9.17, 15) is 14.7 Å². The van der Waals surface area contributed by atoms with Gasteiger partial charge in [-0.1, -0.05) is 77.8 Å². The molecule has 7 heteroatoms. The van der Waals surface area contributed by atoms with Gasteiger partial charge in [0.05, 0.1) is 10.0 Å². The molecule has 152 valence electrons. The van der Waals surface area contributed by atoms with E-state index in [4.69, 9.17) is 27.9 Å². The highest BCUT2D eigenvalue weighted by atomic mass is 35.5. The lowest BCUT2D eigenvalue weighted by atomic mass is 9.98. The number of aliphatic carboxylic acids is 1. The molecule has 1 amide bonds. The minimum Gasteiger partial charge on any atom is -0.479 e. The Morgan fingerprint density at radius 3 is 2.10 bits per heavy atom. The molecule has 5 nitrogen and oxygen atoms in total. The lowest BCUT2D eigenvalue weighted by Crippen LogP contribution is -2.34. The molecule has 1 aliphatic carbocycles. The number of benzene rings is 3. The van der Waals surface area contributed by atoms with Gasteiger partial charge >= 0.3 is 12.1 Å². The molecule has 0 fully saturated rings. The molecule has 0 heterocycles. The van der Waals surface area contributed by atoms with E-state index < -0.39 is 18.1 Å². The van der Waals surface area contributed by atoms with Crippen LogP contribution in [0.25, 0.3) is 11.1 Å². The fraction of sp³-hybridized carbons (Fsp3) is 0.130. The van der Waals surface area contributed by atoms with Crippen LogP contribution < -0.4 is 5.32 Å². The second kappa shape index (κ2) is 8.38.